The van der Waals surface area contributed by atoms with Crippen LogP contribution in [0.5, 0.6) is 0 Å². The van der Waals surface area contributed by atoms with Crippen molar-refractivity contribution >= 4 is 17.8 Å². The Morgan fingerprint density at radius 3 is 2.87 bits per heavy atom. The summed E-state index contributed by atoms with van der Waals surface area (Å²) in [6.07, 6.45) is 1.17. The molecule has 0 aromatic carbocycles. The molecule has 15 heavy (non-hydrogen) atoms. The molecule has 0 bridgehead atoms. The first-order valence-electron chi connectivity index (χ1n) is 4.99. The van der Waals surface area contributed by atoms with Crippen LogP contribution in [0.3, 0.4) is 0 Å². The normalized spacial score (nSPS) is 20.5. The number of hydrogen-bond acceptors (Lipinski definition) is 3. The van der Waals surface area contributed by atoms with E-state index in [9.17, 15) is 14.4 Å². The summed E-state index contributed by atoms with van der Waals surface area (Å²) in [4.78, 5) is 33.2. The molecule has 0 aromatic rings. The van der Waals surface area contributed by atoms with Gasteiger partial charge in [-0.1, -0.05) is 6.92 Å². The van der Waals surface area contributed by atoms with Gasteiger partial charge in [0.2, 0.25) is 11.8 Å². The third-order valence-electron chi connectivity index (χ3n) is 2.02. The van der Waals surface area contributed by atoms with Crippen LogP contribution in [0.15, 0.2) is 0 Å². The first kappa shape index (κ1) is 11.5. The number of amides is 4. The number of carbonyl (C=O) groups excluding carboxylic acids is 3. The van der Waals surface area contributed by atoms with E-state index in [1.807, 2.05) is 6.92 Å². The second kappa shape index (κ2) is 5.33. The molecule has 1 heterocycles. The maximum atomic E-state index is 11.3. The lowest BCUT2D eigenvalue weighted by molar-refractivity contribution is -0.123. The fraction of sp³-hybridized carbons (Fsp3) is 0.667. The van der Waals surface area contributed by atoms with E-state index in [1.165, 1.54) is 0 Å². The summed E-state index contributed by atoms with van der Waals surface area (Å²) in [5.74, 6) is -0.483. The second-order valence-corrected chi connectivity index (χ2v) is 3.48. The van der Waals surface area contributed by atoms with Gasteiger partial charge in [-0.2, -0.15) is 0 Å². The van der Waals surface area contributed by atoms with E-state index in [0.29, 0.717) is 6.54 Å². The van der Waals surface area contributed by atoms with Crippen LogP contribution < -0.4 is 16.0 Å². The molecule has 0 aromatic heterocycles. The van der Waals surface area contributed by atoms with Crippen LogP contribution in [0.25, 0.3) is 0 Å². The lowest BCUT2D eigenvalue weighted by Crippen LogP contribution is -2.53. The number of hydrogen-bond donors (Lipinski definition) is 3. The van der Waals surface area contributed by atoms with Crippen LogP contribution in [0.4, 0.5) is 4.79 Å². The van der Waals surface area contributed by atoms with Gasteiger partial charge in [0.15, 0.2) is 0 Å². The maximum Gasteiger partial charge on any atom is 0.321 e. The van der Waals surface area contributed by atoms with Crippen LogP contribution in [0.1, 0.15) is 26.2 Å². The van der Waals surface area contributed by atoms with Gasteiger partial charge in [0, 0.05) is 25.4 Å². The average molecular weight is 213 g/mol. The number of imide groups is 1. The molecule has 0 saturated carbocycles. The van der Waals surface area contributed by atoms with Gasteiger partial charge in [0.1, 0.15) is 0 Å². The van der Waals surface area contributed by atoms with Crippen molar-refractivity contribution in [1.82, 2.24) is 16.0 Å². The zero-order valence-corrected chi connectivity index (χ0v) is 8.63. The smallest absolute Gasteiger partial charge is 0.321 e. The first-order valence-corrected chi connectivity index (χ1v) is 4.99. The zero-order valence-electron chi connectivity index (χ0n) is 8.63. The van der Waals surface area contributed by atoms with Crippen molar-refractivity contribution in [3.05, 3.63) is 0 Å². The molecule has 1 rings (SSSR count). The highest BCUT2D eigenvalue weighted by atomic mass is 16.2. The lowest BCUT2D eigenvalue weighted by Gasteiger charge is -2.22. The third-order valence-corrected chi connectivity index (χ3v) is 2.02. The Balaban J connectivity index is 2.34. The molecule has 6 nitrogen and oxygen atoms in total. The van der Waals surface area contributed by atoms with Gasteiger partial charge in [-0.05, 0) is 6.42 Å². The molecule has 0 spiro atoms. The number of rotatable bonds is 4. The number of urea groups is 1. The van der Waals surface area contributed by atoms with Gasteiger partial charge in [0.05, 0.1) is 0 Å². The van der Waals surface area contributed by atoms with E-state index in [2.05, 4.69) is 16.0 Å². The van der Waals surface area contributed by atoms with Gasteiger partial charge in [-0.15, -0.1) is 0 Å². The monoisotopic (exact) mass is 213 g/mol. The standard InChI is InChI=1S/C9H15N3O3/c1-2-3-10-7(13)4-6-5-8(14)12-9(15)11-6/h6H,2-5H2,1H3,(H,10,13)(H2,11,12,14,15). The van der Waals surface area contributed by atoms with Gasteiger partial charge < -0.3 is 10.6 Å². The van der Waals surface area contributed by atoms with Crippen LogP contribution in [0.2, 0.25) is 0 Å². The largest absolute Gasteiger partial charge is 0.356 e. The molecular weight excluding hydrogens is 198 g/mol. The number of nitrogens with one attached hydrogen (secondary N) is 3. The molecule has 1 fully saturated rings. The van der Waals surface area contributed by atoms with Crippen LogP contribution in [-0.4, -0.2) is 30.4 Å². The van der Waals surface area contributed by atoms with Gasteiger partial charge in [-0.3, -0.25) is 14.9 Å². The molecule has 1 aliphatic rings. The third kappa shape index (κ3) is 3.97. The summed E-state index contributed by atoms with van der Waals surface area (Å²) in [6, 6.07) is -0.914. The van der Waals surface area contributed by atoms with Crippen molar-refractivity contribution in [2.24, 2.45) is 0 Å². The molecule has 3 N–H and O–H groups in total. The van der Waals surface area contributed by atoms with E-state index in [0.717, 1.165) is 6.42 Å². The Morgan fingerprint density at radius 1 is 1.53 bits per heavy atom. The minimum atomic E-state index is -0.528. The summed E-state index contributed by atoms with van der Waals surface area (Å²) in [5, 5.41) is 7.31. The molecule has 84 valence electrons. The van der Waals surface area contributed by atoms with Crippen LogP contribution >= 0.6 is 0 Å². The molecule has 1 saturated heterocycles. The van der Waals surface area contributed by atoms with Crippen molar-refractivity contribution in [3.63, 3.8) is 0 Å². The summed E-state index contributed by atoms with van der Waals surface area (Å²) in [5.41, 5.74) is 0. The van der Waals surface area contributed by atoms with E-state index >= 15 is 0 Å². The molecular formula is C9H15N3O3. The molecule has 1 atom stereocenters. The zero-order chi connectivity index (χ0) is 11.3. The molecule has 0 radical (unpaired) electrons. The summed E-state index contributed by atoms with van der Waals surface area (Å²) in [6.45, 7) is 2.57. The lowest BCUT2D eigenvalue weighted by atomic mass is 10.1. The topological polar surface area (TPSA) is 87.3 Å². The Morgan fingerprint density at radius 2 is 2.27 bits per heavy atom. The van der Waals surface area contributed by atoms with E-state index in [1.54, 1.807) is 0 Å². The van der Waals surface area contributed by atoms with Gasteiger partial charge >= 0.3 is 6.03 Å². The van der Waals surface area contributed by atoms with Crippen molar-refractivity contribution < 1.29 is 14.4 Å². The second-order valence-electron chi connectivity index (χ2n) is 3.48. The van der Waals surface area contributed by atoms with E-state index in [4.69, 9.17) is 0 Å². The molecule has 1 unspecified atom stereocenters. The Bertz CT molecular complexity index is 262. The van der Waals surface area contributed by atoms with Crippen LogP contribution in [0, 0.1) is 0 Å². The Kier molecular flexibility index (Phi) is 4.08. The predicted molar refractivity (Wildman–Crippen MR) is 53.0 cm³/mol. The summed E-state index contributed by atoms with van der Waals surface area (Å²) in [7, 11) is 0. The van der Waals surface area contributed by atoms with E-state index in [-0.39, 0.29) is 30.7 Å². The summed E-state index contributed by atoms with van der Waals surface area (Å²) < 4.78 is 0. The van der Waals surface area contributed by atoms with Crippen molar-refractivity contribution in [2.75, 3.05) is 6.54 Å². The van der Waals surface area contributed by atoms with Crippen molar-refractivity contribution in [1.29, 1.82) is 0 Å². The summed E-state index contributed by atoms with van der Waals surface area (Å²) >= 11 is 0. The Labute approximate surface area is 87.8 Å². The highest BCUT2D eigenvalue weighted by Crippen LogP contribution is 2.02. The van der Waals surface area contributed by atoms with Gasteiger partial charge in [0.25, 0.3) is 0 Å². The molecule has 1 aliphatic heterocycles. The quantitative estimate of drug-likeness (QED) is 0.588. The molecule has 6 heteroatoms. The average Bonchev–Trinajstić information content (AvgIpc) is 2.13. The van der Waals surface area contributed by atoms with Gasteiger partial charge in [-0.25, -0.2) is 4.79 Å². The SMILES string of the molecule is CCCNC(=O)CC1CC(=O)NC(=O)N1. The minimum Gasteiger partial charge on any atom is -0.356 e. The molecule has 4 amide bonds. The Hall–Kier alpha value is -1.59. The first-order chi connectivity index (χ1) is 7.11. The van der Waals surface area contributed by atoms with Crippen LogP contribution in [-0.2, 0) is 9.59 Å². The fourth-order valence-corrected chi connectivity index (χ4v) is 1.36. The van der Waals surface area contributed by atoms with Crippen molar-refractivity contribution in [2.45, 2.75) is 32.2 Å². The fourth-order valence-electron chi connectivity index (χ4n) is 1.36. The maximum absolute atomic E-state index is 11.3. The number of carbonyl (C=O) groups is 3. The minimum absolute atomic E-state index is 0.142. The highest BCUT2D eigenvalue weighted by Gasteiger charge is 2.25. The highest BCUT2D eigenvalue weighted by molar-refractivity contribution is 5.97. The van der Waals surface area contributed by atoms with Crippen molar-refractivity contribution in [3.8, 4) is 0 Å². The predicted octanol–water partition coefficient (Wildman–Crippen LogP) is -0.499. The van der Waals surface area contributed by atoms with E-state index < -0.39 is 6.03 Å². The molecule has 0 aliphatic carbocycles.